The molecule has 5 rings (SSSR count). The van der Waals surface area contributed by atoms with Gasteiger partial charge in [0, 0.05) is 29.6 Å². The van der Waals surface area contributed by atoms with Crippen LogP contribution in [0, 0.1) is 0 Å². The van der Waals surface area contributed by atoms with E-state index in [1.807, 2.05) is 30.6 Å². The molecule has 28 heavy (non-hydrogen) atoms. The first kappa shape index (κ1) is 17.0. The monoisotopic (exact) mass is 370 g/mol. The smallest absolute Gasteiger partial charge is 0.146 e. The van der Waals surface area contributed by atoms with E-state index in [1.54, 1.807) is 6.20 Å². The molecule has 1 saturated heterocycles. The largest absolute Gasteiger partial charge is 0.490 e. The lowest BCUT2D eigenvalue weighted by atomic mass is 10.0. The Balaban J connectivity index is 1.62. The molecule has 0 amide bonds. The molecular weight excluding hydrogens is 348 g/mol. The molecule has 0 saturated carbocycles. The molecule has 0 radical (unpaired) electrons. The number of H-pyrrole nitrogens is 1. The topological polar surface area (TPSA) is 62.8 Å². The fraction of sp³-hybridized carbons (Fsp3) is 0.217. The van der Waals surface area contributed by atoms with Crippen molar-refractivity contribution in [1.29, 1.82) is 0 Å². The van der Waals surface area contributed by atoms with Crippen LogP contribution < -0.4 is 10.1 Å². The molecule has 5 heteroatoms. The van der Waals surface area contributed by atoms with Crippen molar-refractivity contribution < 1.29 is 4.74 Å². The van der Waals surface area contributed by atoms with Crippen molar-refractivity contribution in [2.24, 2.45) is 0 Å². The number of hydrogen-bond acceptors (Lipinski definition) is 4. The standard InChI is InChI=1S/C23H22N4O/c1-2-6-16(7-3-1)21-22(27-19-9-5-12-26-23(19)21)18-10-13-24-14-20(18)28-15-17-8-4-11-25-17/h1-3,5-7,9-10,12-14,17,25,27H,4,8,11,15H2/t17-/m1/s1. The molecule has 1 fully saturated rings. The Hall–Kier alpha value is -3.18. The molecule has 2 N–H and O–H groups in total. The Kier molecular flexibility index (Phi) is 4.51. The molecule has 140 valence electrons. The maximum absolute atomic E-state index is 6.20. The summed E-state index contributed by atoms with van der Waals surface area (Å²) in [6.07, 6.45) is 7.81. The van der Waals surface area contributed by atoms with Crippen molar-refractivity contribution in [3.8, 4) is 28.1 Å². The van der Waals surface area contributed by atoms with E-state index in [0.717, 1.165) is 52.1 Å². The molecule has 1 aromatic carbocycles. The molecule has 0 unspecified atom stereocenters. The summed E-state index contributed by atoms with van der Waals surface area (Å²) in [4.78, 5) is 12.5. The molecular formula is C23H22N4O. The highest BCUT2D eigenvalue weighted by molar-refractivity contribution is 6.02. The van der Waals surface area contributed by atoms with Crippen LogP contribution in [0.2, 0.25) is 0 Å². The van der Waals surface area contributed by atoms with Crippen LogP contribution >= 0.6 is 0 Å². The van der Waals surface area contributed by atoms with Crippen molar-refractivity contribution in [3.63, 3.8) is 0 Å². The molecule has 1 aliphatic rings. The van der Waals surface area contributed by atoms with Crippen molar-refractivity contribution in [2.75, 3.05) is 13.2 Å². The quantitative estimate of drug-likeness (QED) is 0.546. The van der Waals surface area contributed by atoms with Gasteiger partial charge in [-0.05, 0) is 43.1 Å². The highest BCUT2D eigenvalue weighted by Crippen LogP contribution is 2.40. The molecule has 4 aromatic rings. The summed E-state index contributed by atoms with van der Waals surface area (Å²) >= 11 is 0. The predicted molar refractivity (Wildman–Crippen MR) is 111 cm³/mol. The van der Waals surface area contributed by atoms with Crippen LogP contribution in [0.4, 0.5) is 0 Å². The van der Waals surface area contributed by atoms with Crippen LogP contribution in [0.25, 0.3) is 33.4 Å². The number of hydrogen-bond donors (Lipinski definition) is 2. The number of nitrogens with one attached hydrogen (secondary N) is 2. The maximum atomic E-state index is 6.20. The summed E-state index contributed by atoms with van der Waals surface area (Å²) in [6, 6.07) is 16.8. The minimum absolute atomic E-state index is 0.408. The van der Waals surface area contributed by atoms with Crippen LogP contribution in [0.3, 0.4) is 0 Å². The van der Waals surface area contributed by atoms with Gasteiger partial charge in [0.2, 0.25) is 0 Å². The number of benzene rings is 1. The van der Waals surface area contributed by atoms with Crippen LogP contribution in [-0.2, 0) is 0 Å². The number of nitrogens with zero attached hydrogens (tertiary/aromatic N) is 2. The number of ether oxygens (including phenoxy) is 1. The Morgan fingerprint density at radius 3 is 2.82 bits per heavy atom. The zero-order valence-electron chi connectivity index (χ0n) is 15.6. The average Bonchev–Trinajstić information content (AvgIpc) is 3.41. The van der Waals surface area contributed by atoms with Crippen LogP contribution in [0.5, 0.6) is 5.75 Å². The Morgan fingerprint density at radius 2 is 1.96 bits per heavy atom. The SMILES string of the molecule is c1ccc(-c2c(-c3ccncc3OC[C@H]3CCCN3)[nH]c3cccnc23)cc1. The minimum atomic E-state index is 0.408. The first-order chi connectivity index (χ1) is 13.9. The lowest BCUT2D eigenvalue weighted by molar-refractivity contribution is 0.277. The van der Waals surface area contributed by atoms with E-state index in [0.29, 0.717) is 12.6 Å². The van der Waals surface area contributed by atoms with Gasteiger partial charge in [-0.25, -0.2) is 0 Å². The molecule has 5 nitrogen and oxygen atoms in total. The Labute approximate surface area is 163 Å². The van der Waals surface area contributed by atoms with Crippen molar-refractivity contribution in [3.05, 3.63) is 67.1 Å². The number of fused-ring (bicyclic) bond motifs is 1. The maximum Gasteiger partial charge on any atom is 0.146 e. The van der Waals surface area contributed by atoms with Gasteiger partial charge in [0.05, 0.1) is 22.9 Å². The van der Waals surface area contributed by atoms with Crippen molar-refractivity contribution in [1.82, 2.24) is 20.3 Å². The second-order valence-electron chi connectivity index (χ2n) is 7.12. The summed E-state index contributed by atoms with van der Waals surface area (Å²) in [6.45, 7) is 1.72. The lowest BCUT2D eigenvalue weighted by Crippen LogP contribution is -2.28. The van der Waals surface area contributed by atoms with Crippen molar-refractivity contribution in [2.45, 2.75) is 18.9 Å². The number of aromatic nitrogens is 3. The van der Waals surface area contributed by atoms with Gasteiger partial charge in [-0.3, -0.25) is 9.97 Å². The second kappa shape index (κ2) is 7.44. The second-order valence-corrected chi connectivity index (χ2v) is 7.12. The third kappa shape index (κ3) is 3.14. The van der Waals surface area contributed by atoms with E-state index >= 15 is 0 Å². The molecule has 1 atom stereocenters. The fourth-order valence-electron chi connectivity index (χ4n) is 3.90. The van der Waals surface area contributed by atoms with Crippen LogP contribution in [0.15, 0.2) is 67.1 Å². The van der Waals surface area contributed by atoms with E-state index < -0.39 is 0 Å². The Bertz CT molecular complexity index is 1080. The molecule has 0 aliphatic carbocycles. The Morgan fingerprint density at radius 1 is 1.04 bits per heavy atom. The van der Waals surface area contributed by atoms with Gasteiger partial charge in [0.15, 0.2) is 0 Å². The average molecular weight is 370 g/mol. The summed E-state index contributed by atoms with van der Waals surface area (Å²) in [7, 11) is 0. The van der Waals surface area contributed by atoms with Crippen molar-refractivity contribution >= 4 is 11.0 Å². The first-order valence-electron chi connectivity index (χ1n) is 9.73. The van der Waals surface area contributed by atoms with Crippen LogP contribution in [0.1, 0.15) is 12.8 Å². The van der Waals surface area contributed by atoms with Gasteiger partial charge in [-0.2, -0.15) is 0 Å². The van der Waals surface area contributed by atoms with Gasteiger partial charge in [0.1, 0.15) is 12.4 Å². The third-order valence-corrected chi connectivity index (χ3v) is 5.27. The van der Waals surface area contributed by atoms with E-state index in [-0.39, 0.29) is 0 Å². The molecule has 0 spiro atoms. The first-order valence-corrected chi connectivity index (χ1v) is 9.73. The van der Waals surface area contributed by atoms with E-state index in [4.69, 9.17) is 4.74 Å². The molecule has 0 bridgehead atoms. The molecule has 1 aliphatic heterocycles. The summed E-state index contributed by atoms with van der Waals surface area (Å²) < 4.78 is 6.20. The number of rotatable bonds is 5. The number of aromatic amines is 1. The summed E-state index contributed by atoms with van der Waals surface area (Å²) in [5.74, 6) is 0.792. The van der Waals surface area contributed by atoms with Gasteiger partial charge < -0.3 is 15.0 Å². The van der Waals surface area contributed by atoms with E-state index in [1.165, 1.54) is 6.42 Å². The van der Waals surface area contributed by atoms with Gasteiger partial charge >= 0.3 is 0 Å². The number of pyridine rings is 2. The zero-order valence-corrected chi connectivity index (χ0v) is 15.6. The van der Waals surface area contributed by atoms with Gasteiger partial charge in [0.25, 0.3) is 0 Å². The lowest BCUT2D eigenvalue weighted by Gasteiger charge is -2.15. The van der Waals surface area contributed by atoms with E-state index in [9.17, 15) is 0 Å². The highest BCUT2D eigenvalue weighted by Gasteiger charge is 2.20. The van der Waals surface area contributed by atoms with E-state index in [2.05, 4.69) is 50.6 Å². The van der Waals surface area contributed by atoms with Crippen LogP contribution in [-0.4, -0.2) is 34.1 Å². The summed E-state index contributed by atoms with van der Waals surface area (Å²) in [5.41, 5.74) is 6.20. The minimum Gasteiger partial charge on any atom is -0.490 e. The third-order valence-electron chi connectivity index (χ3n) is 5.27. The predicted octanol–water partition coefficient (Wildman–Crippen LogP) is 4.42. The fourth-order valence-corrected chi connectivity index (χ4v) is 3.90. The normalized spacial score (nSPS) is 16.5. The van der Waals surface area contributed by atoms with Gasteiger partial charge in [-0.1, -0.05) is 30.3 Å². The van der Waals surface area contributed by atoms with Gasteiger partial charge in [-0.15, -0.1) is 0 Å². The molecule has 3 aromatic heterocycles. The zero-order chi connectivity index (χ0) is 18.8. The summed E-state index contributed by atoms with van der Waals surface area (Å²) in [5, 5.41) is 3.48. The highest BCUT2D eigenvalue weighted by atomic mass is 16.5. The molecule has 4 heterocycles.